The smallest absolute Gasteiger partial charge is 0.222 e. The van der Waals surface area contributed by atoms with Crippen molar-refractivity contribution < 1.29 is 4.79 Å². The van der Waals surface area contributed by atoms with Gasteiger partial charge in [-0.2, -0.15) is 0 Å². The number of hydrogen-bond donors (Lipinski definition) is 1. The van der Waals surface area contributed by atoms with Gasteiger partial charge in [-0.1, -0.05) is 27.7 Å². The largest absolute Gasteiger partial charge is 0.342 e. The van der Waals surface area contributed by atoms with Gasteiger partial charge in [-0.15, -0.1) is 0 Å². The summed E-state index contributed by atoms with van der Waals surface area (Å²) in [5.74, 6) is 1.41. The maximum Gasteiger partial charge on any atom is 0.222 e. The number of carbonyl (C=O) groups excluding carboxylic acids is 1. The molecule has 0 fully saturated rings. The van der Waals surface area contributed by atoms with E-state index in [0.29, 0.717) is 24.8 Å². The van der Waals surface area contributed by atoms with Crippen molar-refractivity contribution in [3.8, 4) is 0 Å². The first-order valence-corrected chi connectivity index (χ1v) is 6.45. The van der Waals surface area contributed by atoms with Gasteiger partial charge in [-0.25, -0.2) is 0 Å². The third-order valence-electron chi connectivity index (χ3n) is 2.51. The number of carbonyl (C=O) groups is 1. The highest BCUT2D eigenvalue weighted by atomic mass is 16.2. The van der Waals surface area contributed by atoms with Crippen LogP contribution in [0.3, 0.4) is 0 Å². The van der Waals surface area contributed by atoms with Crippen LogP contribution < -0.4 is 5.73 Å². The van der Waals surface area contributed by atoms with Gasteiger partial charge in [0.2, 0.25) is 5.91 Å². The Morgan fingerprint density at radius 1 is 1.19 bits per heavy atom. The van der Waals surface area contributed by atoms with E-state index >= 15 is 0 Å². The highest BCUT2D eigenvalue weighted by molar-refractivity contribution is 5.76. The van der Waals surface area contributed by atoms with Crippen LogP contribution >= 0.6 is 0 Å². The average molecular weight is 228 g/mol. The van der Waals surface area contributed by atoms with E-state index in [4.69, 9.17) is 5.73 Å². The van der Waals surface area contributed by atoms with Gasteiger partial charge in [0.1, 0.15) is 0 Å². The van der Waals surface area contributed by atoms with Gasteiger partial charge in [0, 0.05) is 19.5 Å². The molecule has 96 valence electrons. The summed E-state index contributed by atoms with van der Waals surface area (Å²) in [5.41, 5.74) is 5.49. The molecule has 0 radical (unpaired) electrons. The van der Waals surface area contributed by atoms with Gasteiger partial charge in [0.05, 0.1) is 0 Å². The third kappa shape index (κ3) is 7.69. The average Bonchev–Trinajstić information content (AvgIpc) is 2.20. The summed E-state index contributed by atoms with van der Waals surface area (Å²) in [6.07, 6.45) is 2.56. The molecule has 0 rings (SSSR count). The second-order valence-corrected chi connectivity index (χ2v) is 5.31. The molecular weight excluding hydrogens is 200 g/mol. The molecule has 0 aliphatic rings. The molecular formula is C13H28N2O. The van der Waals surface area contributed by atoms with E-state index in [1.165, 1.54) is 0 Å². The monoisotopic (exact) mass is 228 g/mol. The quantitative estimate of drug-likeness (QED) is 0.692. The molecule has 0 saturated heterocycles. The summed E-state index contributed by atoms with van der Waals surface area (Å²) in [6, 6.07) is 0. The Balaban J connectivity index is 4.09. The van der Waals surface area contributed by atoms with Crippen LogP contribution in [0.4, 0.5) is 0 Å². The zero-order chi connectivity index (χ0) is 12.6. The van der Waals surface area contributed by atoms with Gasteiger partial charge >= 0.3 is 0 Å². The van der Waals surface area contributed by atoms with Crippen LogP contribution in [0.1, 0.15) is 47.0 Å². The third-order valence-corrected chi connectivity index (χ3v) is 2.51. The van der Waals surface area contributed by atoms with Gasteiger partial charge < -0.3 is 10.6 Å². The van der Waals surface area contributed by atoms with E-state index in [1.54, 1.807) is 0 Å². The molecule has 3 heteroatoms. The summed E-state index contributed by atoms with van der Waals surface area (Å²) in [4.78, 5) is 13.9. The molecule has 0 aromatic carbocycles. The lowest BCUT2D eigenvalue weighted by atomic mass is 10.1. The van der Waals surface area contributed by atoms with Crippen molar-refractivity contribution in [2.45, 2.75) is 47.0 Å². The van der Waals surface area contributed by atoms with Gasteiger partial charge in [-0.3, -0.25) is 4.79 Å². The summed E-state index contributed by atoms with van der Waals surface area (Å²) in [6.45, 7) is 10.9. The highest BCUT2D eigenvalue weighted by Gasteiger charge is 2.14. The molecule has 1 amide bonds. The Morgan fingerprint density at radius 2 is 1.81 bits per heavy atom. The first kappa shape index (κ1) is 15.4. The first-order valence-electron chi connectivity index (χ1n) is 6.45. The summed E-state index contributed by atoms with van der Waals surface area (Å²) in [5, 5.41) is 0. The molecule has 0 spiro atoms. The van der Waals surface area contributed by atoms with Crippen molar-refractivity contribution >= 4 is 5.91 Å². The van der Waals surface area contributed by atoms with Crippen LogP contribution in [-0.2, 0) is 4.79 Å². The van der Waals surface area contributed by atoms with Crippen LogP contribution in [0, 0.1) is 11.8 Å². The molecule has 0 saturated carbocycles. The van der Waals surface area contributed by atoms with E-state index < -0.39 is 0 Å². The zero-order valence-electron chi connectivity index (χ0n) is 11.3. The molecule has 16 heavy (non-hydrogen) atoms. The van der Waals surface area contributed by atoms with Crippen molar-refractivity contribution in [2.24, 2.45) is 17.6 Å². The maximum atomic E-state index is 12.0. The lowest BCUT2D eigenvalue weighted by Gasteiger charge is -2.24. The van der Waals surface area contributed by atoms with Gasteiger partial charge in [0.25, 0.3) is 0 Å². The molecule has 0 aromatic rings. The molecule has 0 aromatic heterocycles. The van der Waals surface area contributed by atoms with Gasteiger partial charge in [-0.05, 0) is 31.2 Å². The Labute approximate surface area is 100 Å². The lowest BCUT2D eigenvalue weighted by molar-refractivity contribution is -0.132. The van der Waals surface area contributed by atoms with Crippen molar-refractivity contribution in [2.75, 3.05) is 19.6 Å². The van der Waals surface area contributed by atoms with E-state index in [-0.39, 0.29) is 5.91 Å². The second-order valence-electron chi connectivity index (χ2n) is 5.31. The Bertz CT molecular complexity index is 190. The maximum absolute atomic E-state index is 12.0. The summed E-state index contributed by atoms with van der Waals surface area (Å²) in [7, 11) is 0. The molecule has 0 unspecified atom stereocenters. The zero-order valence-corrected chi connectivity index (χ0v) is 11.3. The fourth-order valence-corrected chi connectivity index (χ4v) is 1.61. The number of nitrogens with zero attached hydrogens (tertiary/aromatic N) is 1. The predicted molar refractivity (Wildman–Crippen MR) is 69.2 cm³/mol. The standard InChI is InChI=1S/C13H28N2O/c1-11(2)6-7-13(16)15(9-5-8-14)10-12(3)4/h11-12H,5-10,14H2,1-4H3. The molecule has 0 bridgehead atoms. The number of nitrogens with two attached hydrogens (primary N) is 1. The summed E-state index contributed by atoms with van der Waals surface area (Å²) < 4.78 is 0. The second kappa shape index (κ2) is 8.57. The van der Waals surface area contributed by atoms with Crippen LogP contribution in [0.15, 0.2) is 0 Å². The van der Waals surface area contributed by atoms with Crippen LogP contribution in [0.2, 0.25) is 0 Å². The Morgan fingerprint density at radius 3 is 2.25 bits per heavy atom. The number of hydrogen-bond acceptors (Lipinski definition) is 2. The number of rotatable bonds is 8. The Hall–Kier alpha value is -0.570. The van der Waals surface area contributed by atoms with Gasteiger partial charge in [0.15, 0.2) is 0 Å². The van der Waals surface area contributed by atoms with Crippen molar-refractivity contribution in [3.05, 3.63) is 0 Å². The highest BCUT2D eigenvalue weighted by Crippen LogP contribution is 2.08. The molecule has 2 N–H and O–H groups in total. The minimum absolute atomic E-state index is 0.288. The summed E-state index contributed by atoms with van der Waals surface area (Å²) >= 11 is 0. The lowest BCUT2D eigenvalue weighted by Crippen LogP contribution is -2.35. The minimum atomic E-state index is 0.288. The molecule has 0 heterocycles. The van der Waals surface area contributed by atoms with Crippen LogP contribution in [0.5, 0.6) is 0 Å². The van der Waals surface area contributed by atoms with Crippen LogP contribution in [0.25, 0.3) is 0 Å². The van der Waals surface area contributed by atoms with E-state index in [2.05, 4.69) is 27.7 Å². The molecule has 0 aliphatic carbocycles. The fraction of sp³-hybridized carbons (Fsp3) is 0.923. The van der Waals surface area contributed by atoms with E-state index in [9.17, 15) is 4.79 Å². The predicted octanol–water partition coefficient (Wildman–Crippen LogP) is 2.26. The van der Waals surface area contributed by atoms with Crippen LogP contribution in [-0.4, -0.2) is 30.4 Å². The SMILES string of the molecule is CC(C)CCC(=O)N(CCCN)CC(C)C. The first-order chi connectivity index (χ1) is 7.47. The number of amides is 1. The molecule has 0 aliphatic heterocycles. The van der Waals surface area contributed by atoms with Crippen molar-refractivity contribution in [3.63, 3.8) is 0 Å². The Kier molecular flexibility index (Phi) is 8.26. The van der Waals surface area contributed by atoms with Crippen molar-refractivity contribution in [1.29, 1.82) is 0 Å². The molecule has 0 atom stereocenters. The van der Waals surface area contributed by atoms with Crippen molar-refractivity contribution in [1.82, 2.24) is 4.90 Å². The topological polar surface area (TPSA) is 46.3 Å². The molecule has 3 nitrogen and oxygen atoms in total. The normalized spacial score (nSPS) is 11.2. The minimum Gasteiger partial charge on any atom is -0.342 e. The van der Waals surface area contributed by atoms with E-state index in [0.717, 1.165) is 25.9 Å². The van der Waals surface area contributed by atoms with E-state index in [1.807, 2.05) is 4.90 Å². The fourth-order valence-electron chi connectivity index (χ4n) is 1.61.